The number of rotatable bonds is 10. The lowest BCUT2D eigenvalue weighted by Crippen LogP contribution is -2.42. The lowest BCUT2D eigenvalue weighted by molar-refractivity contribution is -0.139. The van der Waals surface area contributed by atoms with Crippen LogP contribution < -0.4 is 15.4 Å². The molecule has 3 N–H and O–H groups in total. The van der Waals surface area contributed by atoms with Crippen molar-refractivity contribution < 1.29 is 19.4 Å². The Bertz CT molecular complexity index is 1320. The van der Waals surface area contributed by atoms with Gasteiger partial charge in [-0.3, -0.25) is 9.79 Å². The highest BCUT2D eigenvalue weighted by atomic mass is 16.5. The molecule has 0 aliphatic carbocycles. The van der Waals surface area contributed by atoms with E-state index in [1.54, 1.807) is 18.3 Å². The molecule has 1 aromatic heterocycles. The molecule has 0 radical (unpaired) electrons. The third-order valence-electron chi connectivity index (χ3n) is 6.66. The van der Waals surface area contributed by atoms with Crippen LogP contribution in [-0.4, -0.2) is 47.4 Å². The number of carboxylic acids is 1. The van der Waals surface area contributed by atoms with Crippen LogP contribution in [0.15, 0.2) is 59.6 Å². The summed E-state index contributed by atoms with van der Waals surface area (Å²) in [5.41, 5.74) is 5.51. The summed E-state index contributed by atoms with van der Waals surface area (Å²) in [5.74, 6) is 0.236. The highest BCUT2D eigenvalue weighted by molar-refractivity contribution is 5.98. The molecular weight excluding hydrogens is 468 g/mol. The summed E-state index contributed by atoms with van der Waals surface area (Å²) in [7, 11) is 0. The van der Waals surface area contributed by atoms with E-state index in [0.717, 1.165) is 66.2 Å². The van der Waals surface area contributed by atoms with E-state index < -0.39 is 17.9 Å². The van der Waals surface area contributed by atoms with Gasteiger partial charge in [-0.15, -0.1) is 0 Å². The van der Waals surface area contributed by atoms with Crippen LogP contribution in [0.25, 0.3) is 0 Å². The quantitative estimate of drug-likeness (QED) is 0.367. The van der Waals surface area contributed by atoms with Gasteiger partial charge < -0.3 is 20.5 Å². The van der Waals surface area contributed by atoms with Crippen molar-refractivity contribution in [2.75, 3.05) is 18.5 Å². The maximum absolute atomic E-state index is 12.7. The second kappa shape index (κ2) is 11.2. The molecule has 8 nitrogen and oxygen atoms in total. The fourth-order valence-electron chi connectivity index (χ4n) is 4.59. The fraction of sp³-hybridized carbons (Fsp3) is 0.310. The predicted octanol–water partition coefficient (Wildman–Crippen LogP) is 3.81. The minimum absolute atomic E-state index is 0.172. The Morgan fingerprint density at radius 3 is 2.76 bits per heavy atom. The van der Waals surface area contributed by atoms with E-state index in [2.05, 4.69) is 27.8 Å². The van der Waals surface area contributed by atoms with Crippen molar-refractivity contribution >= 4 is 23.9 Å². The van der Waals surface area contributed by atoms with Crippen molar-refractivity contribution in [3.05, 3.63) is 88.1 Å². The van der Waals surface area contributed by atoms with E-state index in [1.807, 2.05) is 30.3 Å². The number of carboxylic acid groups (broad SMARTS) is 1. The van der Waals surface area contributed by atoms with Crippen LogP contribution in [0.5, 0.6) is 5.75 Å². The molecule has 190 valence electrons. The smallest absolute Gasteiger partial charge is 0.326 e. The van der Waals surface area contributed by atoms with E-state index in [9.17, 15) is 14.7 Å². The van der Waals surface area contributed by atoms with Gasteiger partial charge in [-0.1, -0.05) is 24.3 Å². The number of carbonyl (C=O) groups is 2. The Morgan fingerprint density at radius 2 is 1.92 bits per heavy atom. The van der Waals surface area contributed by atoms with Crippen LogP contribution in [0, 0.1) is 0 Å². The van der Waals surface area contributed by atoms with Crippen molar-refractivity contribution in [1.29, 1.82) is 0 Å². The first-order valence-corrected chi connectivity index (χ1v) is 12.7. The third-order valence-corrected chi connectivity index (χ3v) is 6.66. The number of ether oxygens (including phenoxy) is 1. The summed E-state index contributed by atoms with van der Waals surface area (Å²) in [6.07, 6.45) is 5.81. The fourth-order valence-corrected chi connectivity index (χ4v) is 4.59. The maximum Gasteiger partial charge on any atom is 0.326 e. The topological polar surface area (TPSA) is 113 Å². The number of fused-ring (bicyclic) bond motifs is 2. The zero-order valence-electron chi connectivity index (χ0n) is 20.6. The Hall–Kier alpha value is -4.20. The number of carbonyl (C=O) groups excluding carboxylic acids is 1. The number of benzene rings is 2. The number of aryl methyl sites for hydroxylation is 2. The predicted molar refractivity (Wildman–Crippen MR) is 142 cm³/mol. The number of hydrogen-bond donors (Lipinski definition) is 3. The molecule has 8 heteroatoms. The number of aliphatic carboxylic acids is 1. The van der Waals surface area contributed by atoms with E-state index in [4.69, 9.17) is 9.72 Å². The second-order valence-corrected chi connectivity index (χ2v) is 9.39. The van der Waals surface area contributed by atoms with Crippen molar-refractivity contribution in [3.63, 3.8) is 0 Å². The molecule has 2 aliphatic heterocycles. The Kier molecular flexibility index (Phi) is 7.44. The minimum Gasteiger partial charge on any atom is -0.494 e. The largest absolute Gasteiger partial charge is 0.494 e. The average Bonchev–Trinajstić information content (AvgIpc) is 3.39. The summed E-state index contributed by atoms with van der Waals surface area (Å²) in [6, 6.07) is 15.8. The zero-order valence-corrected chi connectivity index (χ0v) is 20.6. The molecule has 0 fully saturated rings. The zero-order chi connectivity index (χ0) is 25.6. The van der Waals surface area contributed by atoms with Crippen LogP contribution in [0.3, 0.4) is 0 Å². The first-order chi connectivity index (χ1) is 18.0. The molecule has 1 amide bonds. The SMILES string of the molecule is O=C(N[C@@H](Cc1ccc(OCCCc2ccc3c(n2)NCCC3)cc1)C(=O)O)c1ccc2c(c1)C=NC2. The summed E-state index contributed by atoms with van der Waals surface area (Å²) in [6.45, 7) is 2.15. The number of amides is 1. The van der Waals surface area contributed by atoms with Gasteiger partial charge in [0.2, 0.25) is 0 Å². The molecule has 0 spiro atoms. The lowest BCUT2D eigenvalue weighted by atomic mass is 10.0. The third kappa shape index (κ3) is 6.14. The van der Waals surface area contributed by atoms with E-state index in [1.165, 1.54) is 5.56 Å². The minimum atomic E-state index is -1.08. The molecule has 1 atom stereocenters. The summed E-state index contributed by atoms with van der Waals surface area (Å²) >= 11 is 0. The molecule has 5 rings (SSSR count). The van der Waals surface area contributed by atoms with E-state index in [-0.39, 0.29) is 6.42 Å². The number of anilines is 1. The number of hydrogen-bond acceptors (Lipinski definition) is 6. The molecule has 0 saturated heterocycles. The summed E-state index contributed by atoms with van der Waals surface area (Å²) in [4.78, 5) is 33.4. The number of nitrogens with one attached hydrogen (secondary N) is 2. The highest BCUT2D eigenvalue weighted by Gasteiger charge is 2.22. The van der Waals surface area contributed by atoms with Crippen LogP contribution in [0.1, 0.15) is 51.1 Å². The first-order valence-electron chi connectivity index (χ1n) is 12.7. The van der Waals surface area contributed by atoms with E-state index in [0.29, 0.717) is 18.7 Å². The van der Waals surface area contributed by atoms with Crippen molar-refractivity contribution in [2.24, 2.45) is 4.99 Å². The normalized spacial score (nSPS) is 14.3. The Balaban J connectivity index is 1.10. The molecule has 3 heterocycles. The van der Waals surface area contributed by atoms with Crippen LogP contribution in [0.4, 0.5) is 5.82 Å². The van der Waals surface area contributed by atoms with Gasteiger partial charge in [0, 0.05) is 30.4 Å². The molecule has 2 aromatic carbocycles. The van der Waals surface area contributed by atoms with Gasteiger partial charge in [0.25, 0.3) is 5.91 Å². The van der Waals surface area contributed by atoms with Crippen molar-refractivity contribution in [3.8, 4) is 5.75 Å². The lowest BCUT2D eigenvalue weighted by Gasteiger charge is -2.17. The van der Waals surface area contributed by atoms with Crippen molar-refractivity contribution in [1.82, 2.24) is 10.3 Å². The van der Waals surface area contributed by atoms with Crippen LogP contribution in [0.2, 0.25) is 0 Å². The molecule has 0 saturated carbocycles. The number of aromatic nitrogens is 1. The number of aliphatic imine (C=N–C) groups is 1. The number of pyridine rings is 1. The van der Waals surface area contributed by atoms with Gasteiger partial charge in [-0.2, -0.15) is 0 Å². The Morgan fingerprint density at radius 1 is 1.08 bits per heavy atom. The summed E-state index contributed by atoms with van der Waals surface area (Å²) < 4.78 is 5.87. The Labute approximate surface area is 215 Å². The number of nitrogens with zero attached hydrogens (tertiary/aromatic N) is 2. The first kappa shape index (κ1) is 24.5. The second-order valence-electron chi connectivity index (χ2n) is 9.39. The van der Waals surface area contributed by atoms with Gasteiger partial charge in [0.05, 0.1) is 13.2 Å². The monoisotopic (exact) mass is 498 g/mol. The van der Waals surface area contributed by atoms with Gasteiger partial charge >= 0.3 is 5.97 Å². The van der Waals surface area contributed by atoms with Gasteiger partial charge in [-0.05, 0) is 78.3 Å². The molecule has 0 bridgehead atoms. The molecular formula is C29H30N4O4. The summed E-state index contributed by atoms with van der Waals surface area (Å²) in [5, 5.41) is 15.7. The highest BCUT2D eigenvalue weighted by Crippen LogP contribution is 2.21. The molecule has 2 aliphatic rings. The van der Waals surface area contributed by atoms with Crippen molar-refractivity contribution in [2.45, 2.75) is 44.7 Å². The maximum atomic E-state index is 12.7. The van der Waals surface area contributed by atoms with Crippen LogP contribution >= 0.6 is 0 Å². The van der Waals surface area contributed by atoms with Gasteiger partial charge in [0.15, 0.2) is 0 Å². The van der Waals surface area contributed by atoms with Crippen LogP contribution in [-0.2, 0) is 30.6 Å². The molecule has 37 heavy (non-hydrogen) atoms. The molecule has 3 aromatic rings. The average molecular weight is 499 g/mol. The van der Waals surface area contributed by atoms with Gasteiger partial charge in [-0.25, -0.2) is 9.78 Å². The molecule has 0 unspecified atom stereocenters. The standard InChI is InChI=1S/C29H30N4O4/c34-28(21-7-8-22-17-30-18-23(22)16-21)33-26(29(35)36)15-19-5-11-25(12-6-19)37-14-2-4-24-10-9-20-3-1-13-31-27(20)32-24/h5-12,16,18,26H,1-4,13-15,17H2,(H,31,32)(H,33,34)(H,35,36)/t26-/m0/s1. The van der Waals surface area contributed by atoms with E-state index >= 15 is 0 Å². The van der Waals surface area contributed by atoms with Gasteiger partial charge in [0.1, 0.15) is 17.6 Å².